The molecule has 0 bridgehead atoms. The van der Waals surface area contributed by atoms with Gasteiger partial charge < -0.3 is 9.64 Å². The molecule has 1 saturated heterocycles. The quantitative estimate of drug-likeness (QED) is 0.763. The van der Waals surface area contributed by atoms with Crippen LogP contribution in [0, 0.1) is 0 Å². The van der Waals surface area contributed by atoms with Crippen LogP contribution in [0.5, 0.6) is 0 Å². The van der Waals surface area contributed by atoms with E-state index < -0.39 is 0 Å². The first kappa shape index (κ1) is 13.8. The van der Waals surface area contributed by atoms with E-state index in [1.807, 2.05) is 23.4 Å². The van der Waals surface area contributed by atoms with Gasteiger partial charge in [0.1, 0.15) is 0 Å². The number of rotatable bonds is 4. The molecule has 7 nitrogen and oxygen atoms in total. The summed E-state index contributed by atoms with van der Waals surface area (Å²) in [5, 5.41) is 12.4. The Morgan fingerprint density at radius 2 is 2.30 bits per heavy atom. The lowest BCUT2D eigenvalue weighted by Gasteiger charge is -2.42. The van der Waals surface area contributed by atoms with Gasteiger partial charge in [-0.2, -0.15) is 0 Å². The molecular formula is C12H19N5O2S. The van der Waals surface area contributed by atoms with Gasteiger partial charge in [-0.15, -0.1) is 5.10 Å². The van der Waals surface area contributed by atoms with Crippen LogP contribution in [-0.4, -0.2) is 62.1 Å². The number of aromatic nitrogens is 4. The van der Waals surface area contributed by atoms with Gasteiger partial charge in [0.05, 0.1) is 30.5 Å². The second-order valence-electron chi connectivity index (χ2n) is 5.84. The van der Waals surface area contributed by atoms with Crippen LogP contribution >= 0.6 is 11.8 Å². The van der Waals surface area contributed by atoms with Crippen LogP contribution in [0.4, 0.5) is 0 Å². The SMILES string of the molecule is CC1(C)COCCN1C(=O)CSc1nnnn1C1CC1. The van der Waals surface area contributed by atoms with E-state index >= 15 is 0 Å². The van der Waals surface area contributed by atoms with Gasteiger partial charge in [-0.3, -0.25) is 4.79 Å². The second kappa shape index (κ2) is 5.33. The molecule has 110 valence electrons. The molecule has 0 atom stereocenters. The van der Waals surface area contributed by atoms with Crippen molar-refractivity contribution in [2.24, 2.45) is 0 Å². The van der Waals surface area contributed by atoms with Crippen LogP contribution in [0.1, 0.15) is 32.7 Å². The van der Waals surface area contributed by atoms with E-state index in [1.54, 1.807) is 0 Å². The predicted octanol–water partition coefficient (Wildman–Crippen LogP) is 0.737. The number of thioether (sulfide) groups is 1. The Bertz CT molecular complexity index is 500. The van der Waals surface area contributed by atoms with Gasteiger partial charge in [0.25, 0.3) is 0 Å². The summed E-state index contributed by atoms with van der Waals surface area (Å²) in [6.45, 7) is 5.91. The first-order chi connectivity index (χ1) is 9.58. The lowest BCUT2D eigenvalue weighted by atomic mass is 10.0. The van der Waals surface area contributed by atoms with Crippen molar-refractivity contribution in [1.29, 1.82) is 0 Å². The largest absolute Gasteiger partial charge is 0.377 e. The van der Waals surface area contributed by atoms with Crippen molar-refractivity contribution in [1.82, 2.24) is 25.1 Å². The molecule has 2 fully saturated rings. The van der Waals surface area contributed by atoms with Gasteiger partial charge in [-0.1, -0.05) is 11.8 Å². The minimum atomic E-state index is -0.238. The van der Waals surface area contributed by atoms with E-state index in [-0.39, 0.29) is 11.4 Å². The normalized spacial score (nSPS) is 22.0. The molecule has 0 aromatic carbocycles. The fourth-order valence-electron chi connectivity index (χ4n) is 2.35. The Kier molecular flexibility index (Phi) is 3.68. The molecule has 2 heterocycles. The van der Waals surface area contributed by atoms with Crippen molar-refractivity contribution in [3.8, 4) is 0 Å². The highest BCUT2D eigenvalue weighted by Crippen LogP contribution is 2.36. The molecule has 3 rings (SSSR count). The number of amides is 1. The minimum absolute atomic E-state index is 0.119. The molecule has 1 saturated carbocycles. The van der Waals surface area contributed by atoms with Gasteiger partial charge in [-0.25, -0.2) is 4.68 Å². The third kappa shape index (κ3) is 2.80. The molecule has 1 aliphatic heterocycles. The van der Waals surface area contributed by atoms with Crippen LogP contribution in [0.3, 0.4) is 0 Å². The number of carbonyl (C=O) groups is 1. The fourth-order valence-corrected chi connectivity index (χ4v) is 3.17. The summed E-state index contributed by atoms with van der Waals surface area (Å²) in [5.41, 5.74) is -0.238. The second-order valence-corrected chi connectivity index (χ2v) is 6.78. The van der Waals surface area contributed by atoms with Crippen molar-refractivity contribution >= 4 is 17.7 Å². The first-order valence-corrected chi connectivity index (χ1v) is 7.85. The highest BCUT2D eigenvalue weighted by atomic mass is 32.2. The zero-order valence-corrected chi connectivity index (χ0v) is 12.6. The summed E-state index contributed by atoms with van der Waals surface area (Å²) in [7, 11) is 0. The molecule has 20 heavy (non-hydrogen) atoms. The third-order valence-corrected chi connectivity index (χ3v) is 4.54. The number of carbonyl (C=O) groups excluding carboxylic acids is 1. The van der Waals surface area contributed by atoms with E-state index in [4.69, 9.17) is 4.74 Å². The highest BCUT2D eigenvalue weighted by molar-refractivity contribution is 7.99. The maximum absolute atomic E-state index is 12.4. The van der Waals surface area contributed by atoms with Gasteiger partial charge in [-0.05, 0) is 37.1 Å². The Balaban J connectivity index is 1.60. The highest BCUT2D eigenvalue weighted by Gasteiger charge is 2.34. The van der Waals surface area contributed by atoms with Crippen LogP contribution < -0.4 is 0 Å². The van der Waals surface area contributed by atoms with Crippen molar-refractivity contribution in [3.63, 3.8) is 0 Å². The molecule has 1 amide bonds. The summed E-state index contributed by atoms with van der Waals surface area (Å²) in [4.78, 5) is 14.3. The van der Waals surface area contributed by atoms with Gasteiger partial charge >= 0.3 is 0 Å². The maximum Gasteiger partial charge on any atom is 0.233 e. The molecule has 1 aliphatic carbocycles. The lowest BCUT2D eigenvalue weighted by Crippen LogP contribution is -2.56. The van der Waals surface area contributed by atoms with Gasteiger partial charge in [0, 0.05) is 6.54 Å². The number of hydrogen-bond donors (Lipinski definition) is 0. The Labute approximate surface area is 122 Å². The summed E-state index contributed by atoms with van der Waals surface area (Å²) < 4.78 is 7.27. The molecular weight excluding hydrogens is 278 g/mol. The number of tetrazole rings is 1. The topological polar surface area (TPSA) is 73.1 Å². The summed E-state index contributed by atoms with van der Waals surface area (Å²) in [5.74, 6) is 0.491. The van der Waals surface area contributed by atoms with Crippen molar-refractivity contribution in [2.75, 3.05) is 25.5 Å². The summed E-state index contributed by atoms with van der Waals surface area (Å²) >= 11 is 1.42. The molecule has 2 aliphatic rings. The summed E-state index contributed by atoms with van der Waals surface area (Å²) in [6.07, 6.45) is 2.26. The standard InChI is InChI=1S/C12H19N5O2S/c1-12(2)8-19-6-5-16(12)10(18)7-20-11-13-14-15-17(11)9-3-4-9/h9H,3-8H2,1-2H3. The molecule has 8 heteroatoms. The Morgan fingerprint density at radius 3 is 3.00 bits per heavy atom. The van der Waals surface area contributed by atoms with Gasteiger partial charge in [0.2, 0.25) is 11.1 Å². The lowest BCUT2D eigenvalue weighted by molar-refractivity contribution is -0.143. The third-order valence-electron chi connectivity index (χ3n) is 3.63. The summed E-state index contributed by atoms with van der Waals surface area (Å²) in [6, 6.07) is 0.433. The smallest absolute Gasteiger partial charge is 0.233 e. The maximum atomic E-state index is 12.4. The van der Waals surface area contributed by atoms with Crippen LogP contribution in [0.2, 0.25) is 0 Å². The molecule has 1 aromatic rings. The fraction of sp³-hybridized carbons (Fsp3) is 0.833. The average Bonchev–Trinajstić information content (AvgIpc) is 3.14. The van der Waals surface area contributed by atoms with E-state index in [0.29, 0.717) is 31.6 Å². The average molecular weight is 297 g/mol. The van der Waals surface area contributed by atoms with E-state index in [2.05, 4.69) is 15.5 Å². The molecule has 0 radical (unpaired) electrons. The number of morpholine rings is 1. The molecule has 0 spiro atoms. The number of nitrogens with zero attached hydrogens (tertiary/aromatic N) is 5. The van der Waals surface area contributed by atoms with Crippen LogP contribution in [-0.2, 0) is 9.53 Å². The van der Waals surface area contributed by atoms with E-state index in [0.717, 1.165) is 18.0 Å². The van der Waals surface area contributed by atoms with Crippen molar-refractivity contribution < 1.29 is 9.53 Å². The zero-order chi connectivity index (χ0) is 14.2. The van der Waals surface area contributed by atoms with Gasteiger partial charge in [0.15, 0.2) is 0 Å². The molecule has 0 N–H and O–H groups in total. The van der Waals surface area contributed by atoms with E-state index in [9.17, 15) is 4.79 Å². The Morgan fingerprint density at radius 1 is 1.50 bits per heavy atom. The van der Waals surface area contributed by atoms with E-state index in [1.165, 1.54) is 11.8 Å². The first-order valence-electron chi connectivity index (χ1n) is 6.87. The molecule has 1 aromatic heterocycles. The zero-order valence-electron chi connectivity index (χ0n) is 11.8. The predicted molar refractivity (Wildman–Crippen MR) is 73.4 cm³/mol. The van der Waals surface area contributed by atoms with Crippen LogP contribution in [0.15, 0.2) is 5.16 Å². The molecule has 0 unspecified atom stereocenters. The monoisotopic (exact) mass is 297 g/mol. The van der Waals surface area contributed by atoms with Crippen LogP contribution in [0.25, 0.3) is 0 Å². The van der Waals surface area contributed by atoms with Crippen molar-refractivity contribution in [3.05, 3.63) is 0 Å². The number of hydrogen-bond acceptors (Lipinski definition) is 6. The Hall–Kier alpha value is -1.15. The minimum Gasteiger partial charge on any atom is -0.377 e. The van der Waals surface area contributed by atoms with Crippen molar-refractivity contribution in [2.45, 2.75) is 43.4 Å². The number of ether oxygens (including phenoxy) is 1.